The van der Waals surface area contributed by atoms with Gasteiger partial charge in [0.15, 0.2) is 0 Å². The Morgan fingerprint density at radius 2 is 2.06 bits per heavy atom. The Balaban J connectivity index is 1.69. The van der Waals surface area contributed by atoms with Crippen molar-refractivity contribution in [1.82, 2.24) is 15.1 Å². The highest BCUT2D eigenvalue weighted by atomic mass is 15.3. The van der Waals surface area contributed by atoms with Crippen LogP contribution in [0.3, 0.4) is 0 Å². The molecule has 2 aliphatic rings. The van der Waals surface area contributed by atoms with Gasteiger partial charge in [-0.25, -0.2) is 0 Å². The zero-order valence-electron chi connectivity index (χ0n) is 11.6. The molecule has 0 aromatic carbocycles. The predicted molar refractivity (Wildman–Crippen MR) is 73.4 cm³/mol. The molecule has 1 N–H and O–H groups in total. The molecule has 0 bridgehead atoms. The highest BCUT2D eigenvalue weighted by molar-refractivity contribution is 4.85. The summed E-state index contributed by atoms with van der Waals surface area (Å²) < 4.78 is 0. The third-order valence-corrected chi connectivity index (χ3v) is 4.42. The number of hydrogen-bond acceptors (Lipinski definition) is 3. The lowest BCUT2D eigenvalue weighted by Crippen LogP contribution is -2.40. The minimum atomic E-state index is 0.671. The Hall–Kier alpha value is -0.120. The fourth-order valence-corrected chi connectivity index (χ4v) is 3.10. The highest BCUT2D eigenvalue weighted by Gasteiger charge is 2.28. The maximum absolute atomic E-state index is 3.60. The van der Waals surface area contributed by atoms with E-state index in [1.807, 2.05) is 0 Å². The van der Waals surface area contributed by atoms with Crippen molar-refractivity contribution in [2.24, 2.45) is 0 Å². The van der Waals surface area contributed by atoms with E-state index in [1.165, 1.54) is 58.4 Å². The van der Waals surface area contributed by atoms with E-state index < -0.39 is 0 Å². The Bertz CT molecular complexity index is 220. The first-order chi connectivity index (χ1) is 8.29. The molecule has 2 atom stereocenters. The molecule has 0 aromatic heterocycles. The Labute approximate surface area is 107 Å². The van der Waals surface area contributed by atoms with Crippen molar-refractivity contribution in [2.75, 3.05) is 39.3 Å². The maximum Gasteiger partial charge on any atom is 0.0223 e. The van der Waals surface area contributed by atoms with Gasteiger partial charge >= 0.3 is 0 Å². The third kappa shape index (κ3) is 3.94. The quantitative estimate of drug-likeness (QED) is 0.785. The third-order valence-electron chi connectivity index (χ3n) is 4.42. The zero-order valence-corrected chi connectivity index (χ0v) is 11.6. The number of rotatable bonds is 5. The van der Waals surface area contributed by atoms with E-state index in [1.54, 1.807) is 0 Å². The van der Waals surface area contributed by atoms with Crippen LogP contribution in [-0.2, 0) is 0 Å². The van der Waals surface area contributed by atoms with Crippen LogP contribution in [0.1, 0.15) is 39.5 Å². The van der Waals surface area contributed by atoms with Crippen LogP contribution in [0, 0.1) is 0 Å². The molecular weight excluding hydrogens is 210 g/mol. The van der Waals surface area contributed by atoms with Crippen molar-refractivity contribution >= 4 is 0 Å². The van der Waals surface area contributed by atoms with Gasteiger partial charge in [0.2, 0.25) is 0 Å². The second-order valence-corrected chi connectivity index (χ2v) is 5.75. The summed E-state index contributed by atoms with van der Waals surface area (Å²) in [7, 11) is 0. The van der Waals surface area contributed by atoms with Crippen LogP contribution in [0.5, 0.6) is 0 Å². The fraction of sp³-hybridized carbons (Fsp3) is 1.00. The van der Waals surface area contributed by atoms with Gasteiger partial charge in [0.25, 0.3) is 0 Å². The summed E-state index contributed by atoms with van der Waals surface area (Å²) in [5.74, 6) is 0. The van der Waals surface area contributed by atoms with Crippen molar-refractivity contribution in [2.45, 2.75) is 51.6 Å². The maximum atomic E-state index is 3.60. The first-order valence-corrected chi connectivity index (χ1v) is 7.49. The second kappa shape index (κ2) is 6.72. The van der Waals surface area contributed by atoms with Crippen molar-refractivity contribution in [3.63, 3.8) is 0 Å². The number of nitrogens with zero attached hydrogens (tertiary/aromatic N) is 2. The molecule has 0 saturated carbocycles. The summed E-state index contributed by atoms with van der Waals surface area (Å²) in [6.07, 6.45) is 5.44. The van der Waals surface area contributed by atoms with Gasteiger partial charge in [0, 0.05) is 31.7 Å². The molecule has 0 spiro atoms. The van der Waals surface area contributed by atoms with E-state index in [0.717, 1.165) is 12.6 Å². The van der Waals surface area contributed by atoms with Gasteiger partial charge in [-0.05, 0) is 52.2 Å². The molecule has 2 aliphatic heterocycles. The monoisotopic (exact) mass is 239 g/mol. The van der Waals surface area contributed by atoms with Crippen LogP contribution in [0.25, 0.3) is 0 Å². The van der Waals surface area contributed by atoms with Crippen LogP contribution in [0.4, 0.5) is 0 Å². The molecule has 2 saturated heterocycles. The first-order valence-electron chi connectivity index (χ1n) is 7.49. The molecule has 3 nitrogen and oxygen atoms in total. The van der Waals surface area contributed by atoms with Gasteiger partial charge in [-0.3, -0.25) is 4.90 Å². The lowest BCUT2D eigenvalue weighted by atomic mass is 10.2. The molecule has 2 rings (SSSR count). The van der Waals surface area contributed by atoms with Crippen molar-refractivity contribution in [1.29, 1.82) is 0 Å². The average molecular weight is 239 g/mol. The Kier molecular flexibility index (Phi) is 5.26. The van der Waals surface area contributed by atoms with Crippen LogP contribution < -0.4 is 5.32 Å². The summed E-state index contributed by atoms with van der Waals surface area (Å²) in [6.45, 7) is 12.2. The highest BCUT2D eigenvalue weighted by Crippen LogP contribution is 2.20. The molecular formula is C14H29N3. The molecule has 3 heteroatoms. The van der Waals surface area contributed by atoms with Gasteiger partial charge in [-0.2, -0.15) is 0 Å². The van der Waals surface area contributed by atoms with Crippen molar-refractivity contribution in [3.05, 3.63) is 0 Å². The largest absolute Gasteiger partial charge is 0.313 e. The van der Waals surface area contributed by atoms with Gasteiger partial charge in [-0.15, -0.1) is 0 Å². The summed E-state index contributed by atoms with van der Waals surface area (Å²) in [4.78, 5) is 5.38. The van der Waals surface area contributed by atoms with E-state index in [-0.39, 0.29) is 0 Å². The van der Waals surface area contributed by atoms with Crippen LogP contribution in [0.2, 0.25) is 0 Å². The van der Waals surface area contributed by atoms with Crippen LogP contribution in [0.15, 0.2) is 0 Å². The fourth-order valence-electron chi connectivity index (χ4n) is 3.10. The number of hydrogen-bond donors (Lipinski definition) is 1. The molecule has 2 unspecified atom stereocenters. The molecule has 2 fully saturated rings. The minimum Gasteiger partial charge on any atom is -0.313 e. The molecule has 0 radical (unpaired) electrons. The molecule has 0 aliphatic carbocycles. The van der Waals surface area contributed by atoms with E-state index in [4.69, 9.17) is 0 Å². The normalized spacial score (nSPS) is 28.9. The summed E-state index contributed by atoms with van der Waals surface area (Å²) in [5.41, 5.74) is 0. The zero-order chi connectivity index (χ0) is 12.1. The van der Waals surface area contributed by atoms with E-state index in [9.17, 15) is 0 Å². The molecule has 0 amide bonds. The van der Waals surface area contributed by atoms with E-state index in [2.05, 4.69) is 29.0 Å². The van der Waals surface area contributed by atoms with Gasteiger partial charge in [0.1, 0.15) is 0 Å². The van der Waals surface area contributed by atoms with E-state index >= 15 is 0 Å². The second-order valence-electron chi connectivity index (χ2n) is 5.75. The van der Waals surface area contributed by atoms with Crippen LogP contribution in [-0.4, -0.2) is 61.2 Å². The topological polar surface area (TPSA) is 18.5 Å². The van der Waals surface area contributed by atoms with Crippen LogP contribution >= 0.6 is 0 Å². The molecule has 0 aromatic rings. The van der Waals surface area contributed by atoms with Gasteiger partial charge < -0.3 is 10.2 Å². The van der Waals surface area contributed by atoms with Crippen molar-refractivity contribution in [3.8, 4) is 0 Å². The SMILES string of the molecule is CCC(C)NCCN1CCCN2CCCC2C1. The Morgan fingerprint density at radius 1 is 1.24 bits per heavy atom. The Morgan fingerprint density at radius 3 is 2.88 bits per heavy atom. The minimum absolute atomic E-state index is 0.671. The van der Waals surface area contributed by atoms with E-state index in [0.29, 0.717) is 6.04 Å². The summed E-state index contributed by atoms with van der Waals surface area (Å²) in [5, 5.41) is 3.60. The van der Waals surface area contributed by atoms with Gasteiger partial charge in [0.05, 0.1) is 0 Å². The van der Waals surface area contributed by atoms with Crippen molar-refractivity contribution < 1.29 is 0 Å². The average Bonchev–Trinajstić information content (AvgIpc) is 2.68. The lowest BCUT2D eigenvalue weighted by Gasteiger charge is -2.26. The molecule has 2 heterocycles. The number of nitrogens with one attached hydrogen (secondary N) is 1. The standard InChI is InChI=1S/C14H29N3/c1-3-13(2)15-7-11-16-8-5-10-17-9-4-6-14(17)12-16/h13-15H,3-12H2,1-2H3. The summed E-state index contributed by atoms with van der Waals surface area (Å²) >= 11 is 0. The predicted octanol–water partition coefficient (Wildman–Crippen LogP) is 1.54. The lowest BCUT2D eigenvalue weighted by molar-refractivity contribution is 0.219. The first kappa shape index (κ1) is 13.3. The molecule has 100 valence electrons. The summed E-state index contributed by atoms with van der Waals surface area (Å²) in [6, 6.07) is 1.53. The van der Waals surface area contributed by atoms with Gasteiger partial charge in [-0.1, -0.05) is 6.92 Å². The smallest absolute Gasteiger partial charge is 0.0223 e. The number of fused-ring (bicyclic) bond motifs is 1. The molecule has 17 heavy (non-hydrogen) atoms.